The number of ether oxygens (including phenoxy) is 1. The predicted molar refractivity (Wildman–Crippen MR) is 81.4 cm³/mol. The van der Waals surface area contributed by atoms with E-state index >= 15 is 0 Å². The van der Waals surface area contributed by atoms with Crippen molar-refractivity contribution in [1.29, 1.82) is 0 Å². The molecule has 0 atom stereocenters. The lowest BCUT2D eigenvalue weighted by atomic mass is 10.1. The largest absolute Gasteiger partial charge is 0.497 e. The molecule has 2 N–H and O–H groups in total. The number of carbonyl (C=O) groups excluding carboxylic acids is 1. The van der Waals surface area contributed by atoms with Crippen LogP contribution in [0.3, 0.4) is 0 Å². The molecule has 2 rings (SSSR count). The van der Waals surface area contributed by atoms with Crippen LogP contribution in [0.4, 0.5) is 4.79 Å². The van der Waals surface area contributed by atoms with Crippen LogP contribution >= 0.6 is 0 Å². The summed E-state index contributed by atoms with van der Waals surface area (Å²) in [4.78, 5) is 11.7. The summed E-state index contributed by atoms with van der Waals surface area (Å²) in [5.41, 5.74) is 0.460. The van der Waals surface area contributed by atoms with Gasteiger partial charge in [0.1, 0.15) is 5.75 Å². The van der Waals surface area contributed by atoms with Crippen molar-refractivity contribution < 1.29 is 13.9 Å². The van der Waals surface area contributed by atoms with Crippen molar-refractivity contribution in [2.24, 2.45) is 0 Å². The summed E-state index contributed by atoms with van der Waals surface area (Å²) >= 11 is 0. The first-order valence-corrected chi connectivity index (χ1v) is 6.90. The van der Waals surface area contributed by atoms with E-state index in [0.29, 0.717) is 17.5 Å². The summed E-state index contributed by atoms with van der Waals surface area (Å²) < 4.78 is 10.7. The van der Waals surface area contributed by atoms with Gasteiger partial charge in [-0.1, -0.05) is 6.07 Å². The van der Waals surface area contributed by atoms with Crippen LogP contribution < -0.4 is 15.4 Å². The second-order valence-electron chi connectivity index (χ2n) is 5.79. The number of urea groups is 1. The summed E-state index contributed by atoms with van der Waals surface area (Å²) in [6.45, 7) is 5.87. The highest BCUT2D eigenvalue weighted by Gasteiger charge is 2.14. The van der Waals surface area contributed by atoms with Crippen molar-refractivity contribution in [3.05, 3.63) is 30.2 Å². The van der Waals surface area contributed by atoms with Crippen LogP contribution in [0.2, 0.25) is 0 Å². The first-order valence-electron chi connectivity index (χ1n) is 6.90. The molecule has 0 fully saturated rings. The highest BCUT2D eigenvalue weighted by atomic mass is 16.5. The van der Waals surface area contributed by atoms with Gasteiger partial charge in [0.05, 0.1) is 13.7 Å². The number of hydrogen-bond donors (Lipinski definition) is 2. The fourth-order valence-electron chi connectivity index (χ4n) is 1.74. The average Bonchev–Trinajstić information content (AvgIpc) is 2.92. The maximum absolute atomic E-state index is 11.7. The van der Waals surface area contributed by atoms with Crippen molar-refractivity contribution in [3.63, 3.8) is 0 Å². The molecule has 0 saturated carbocycles. The smallest absolute Gasteiger partial charge is 0.315 e. The van der Waals surface area contributed by atoms with Crippen LogP contribution in [0, 0.1) is 0 Å². The third-order valence-electron chi connectivity index (χ3n) is 2.67. The van der Waals surface area contributed by atoms with Gasteiger partial charge in [0.15, 0.2) is 0 Å². The van der Waals surface area contributed by atoms with Crippen LogP contribution in [0.1, 0.15) is 26.7 Å². The van der Waals surface area contributed by atoms with Gasteiger partial charge in [-0.15, -0.1) is 10.2 Å². The molecule has 0 aliphatic rings. The number of nitrogens with one attached hydrogen (secondary N) is 2. The summed E-state index contributed by atoms with van der Waals surface area (Å²) in [6.07, 6.45) is 0. The maximum atomic E-state index is 11.7. The minimum absolute atomic E-state index is 0.166. The first-order chi connectivity index (χ1) is 10.4. The van der Waals surface area contributed by atoms with Gasteiger partial charge in [-0.05, 0) is 39.0 Å². The van der Waals surface area contributed by atoms with E-state index in [1.165, 1.54) is 0 Å². The second kappa shape index (κ2) is 6.46. The van der Waals surface area contributed by atoms with E-state index in [1.54, 1.807) is 13.2 Å². The van der Waals surface area contributed by atoms with Gasteiger partial charge in [0.2, 0.25) is 11.8 Å². The number of aromatic nitrogens is 2. The van der Waals surface area contributed by atoms with Crippen molar-refractivity contribution >= 4 is 6.03 Å². The molecule has 0 spiro atoms. The predicted octanol–water partition coefficient (Wildman–Crippen LogP) is 2.34. The van der Waals surface area contributed by atoms with Gasteiger partial charge in [-0.3, -0.25) is 0 Å². The molecular formula is C15H20N4O3. The van der Waals surface area contributed by atoms with Gasteiger partial charge >= 0.3 is 6.03 Å². The van der Waals surface area contributed by atoms with Gasteiger partial charge < -0.3 is 19.8 Å². The fourth-order valence-corrected chi connectivity index (χ4v) is 1.74. The monoisotopic (exact) mass is 304 g/mol. The minimum Gasteiger partial charge on any atom is -0.497 e. The van der Waals surface area contributed by atoms with E-state index in [9.17, 15) is 4.79 Å². The Morgan fingerprint density at radius 2 is 2.09 bits per heavy atom. The van der Waals surface area contributed by atoms with Gasteiger partial charge in [-0.25, -0.2) is 4.79 Å². The molecular weight excluding hydrogens is 284 g/mol. The number of benzene rings is 1. The lowest BCUT2D eigenvalue weighted by Gasteiger charge is -2.20. The molecule has 0 radical (unpaired) electrons. The van der Waals surface area contributed by atoms with Crippen molar-refractivity contribution in [1.82, 2.24) is 20.8 Å². The van der Waals surface area contributed by atoms with E-state index in [-0.39, 0.29) is 18.1 Å². The van der Waals surface area contributed by atoms with E-state index in [2.05, 4.69) is 20.8 Å². The SMILES string of the molecule is COc1cccc(-c2nnc(CNC(=O)NC(C)(C)C)o2)c1. The number of rotatable bonds is 4. The molecule has 1 aromatic heterocycles. The zero-order chi connectivity index (χ0) is 16.2. The zero-order valence-corrected chi connectivity index (χ0v) is 13.1. The van der Waals surface area contributed by atoms with E-state index < -0.39 is 0 Å². The standard InChI is InChI=1S/C15H20N4O3/c1-15(2,3)17-14(20)16-9-12-18-19-13(22-12)10-6-5-7-11(8-10)21-4/h5-8H,9H2,1-4H3,(H2,16,17,20). The van der Waals surface area contributed by atoms with Crippen LogP contribution in [0.5, 0.6) is 5.75 Å². The van der Waals surface area contributed by atoms with Crippen molar-refractivity contribution in [2.75, 3.05) is 7.11 Å². The van der Waals surface area contributed by atoms with Gasteiger partial charge in [-0.2, -0.15) is 0 Å². The van der Waals surface area contributed by atoms with E-state index in [4.69, 9.17) is 9.15 Å². The molecule has 2 amide bonds. The number of hydrogen-bond acceptors (Lipinski definition) is 5. The molecule has 7 nitrogen and oxygen atoms in total. The Kier molecular flexibility index (Phi) is 4.65. The van der Waals surface area contributed by atoms with E-state index in [1.807, 2.05) is 39.0 Å². The molecule has 0 unspecified atom stereocenters. The normalized spacial score (nSPS) is 11.1. The summed E-state index contributed by atoms with van der Waals surface area (Å²) in [7, 11) is 1.59. The molecule has 0 saturated heterocycles. The fraction of sp³-hybridized carbons (Fsp3) is 0.400. The third kappa shape index (κ3) is 4.47. The molecule has 0 aliphatic carbocycles. The van der Waals surface area contributed by atoms with E-state index in [0.717, 1.165) is 5.56 Å². The molecule has 22 heavy (non-hydrogen) atoms. The lowest BCUT2D eigenvalue weighted by molar-refractivity contribution is 0.230. The van der Waals surface area contributed by atoms with Crippen LogP contribution in [0.15, 0.2) is 28.7 Å². The zero-order valence-electron chi connectivity index (χ0n) is 13.1. The van der Waals surface area contributed by atoms with Crippen LogP contribution in [-0.2, 0) is 6.54 Å². The molecule has 118 valence electrons. The summed E-state index contributed by atoms with van der Waals surface area (Å²) in [5, 5.41) is 13.3. The molecule has 2 aromatic rings. The van der Waals surface area contributed by atoms with Crippen LogP contribution in [-0.4, -0.2) is 28.9 Å². The Bertz CT molecular complexity index is 646. The number of nitrogens with zero attached hydrogens (tertiary/aromatic N) is 2. The first kappa shape index (κ1) is 15.8. The minimum atomic E-state index is -0.301. The Balaban J connectivity index is 1.98. The highest BCUT2D eigenvalue weighted by molar-refractivity contribution is 5.74. The summed E-state index contributed by atoms with van der Waals surface area (Å²) in [5.74, 6) is 1.42. The average molecular weight is 304 g/mol. The van der Waals surface area contributed by atoms with Crippen LogP contribution in [0.25, 0.3) is 11.5 Å². The number of methoxy groups -OCH3 is 1. The Morgan fingerprint density at radius 1 is 1.32 bits per heavy atom. The number of amides is 2. The van der Waals surface area contributed by atoms with Gasteiger partial charge in [0.25, 0.3) is 0 Å². The quantitative estimate of drug-likeness (QED) is 0.905. The van der Waals surface area contributed by atoms with Crippen molar-refractivity contribution in [3.8, 4) is 17.2 Å². The molecule has 1 heterocycles. The van der Waals surface area contributed by atoms with Gasteiger partial charge in [0, 0.05) is 11.1 Å². The lowest BCUT2D eigenvalue weighted by Crippen LogP contribution is -2.46. The molecule has 0 aliphatic heterocycles. The summed E-state index contributed by atoms with van der Waals surface area (Å²) in [6, 6.07) is 7.04. The Hall–Kier alpha value is -2.57. The Morgan fingerprint density at radius 3 is 2.77 bits per heavy atom. The number of carbonyl (C=O) groups is 1. The third-order valence-corrected chi connectivity index (χ3v) is 2.67. The molecule has 7 heteroatoms. The second-order valence-corrected chi connectivity index (χ2v) is 5.79. The molecule has 0 bridgehead atoms. The van der Waals surface area contributed by atoms with Crippen molar-refractivity contribution in [2.45, 2.75) is 32.9 Å². The molecule has 1 aromatic carbocycles. The highest BCUT2D eigenvalue weighted by Crippen LogP contribution is 2.22. The topological polar surface area (TPSA) is 89.3 Å². The Labute approximate surface area is 129 Å². The maximum Gasteiger partial charge on any atom is 0.315 e.